The van der Waals surface area contributed by atoms with Crippen LogP contribution in [0, 0.1) is 0 Å². The molecule has 2 aromatic heterocycles. The molecule has 0 saturated carbocycles. The molecule has 1 spiro atoms. The van der Waals surface area contributed by atoms with Crippen molar-refractivity contribution < 1.29 is 4.74 Å². The Morgan fingerprint density at radius 2 is 2.00 bits per heavy atom. The molecule has 0 radical (unpaired) electrons. The van der Waals surface area contributed by atoms with E-state index in [1.165, 1.54) is 11.8 Å². The Morgan fingerprint density at radius 1 is 1.22 bits per heavy atom. The van der Waals surface area contributed by atoms with Gasteiger partial charge >= 0.3 is 0 Å². The number of rotatable bonds is 3. The van der Waals surface area contributed by atoms with Gasteiger partial charge in [0, 0.05) is 36.8 Å². The SMILES string of the molecule is Nc1nc(N2CCC3(CC2)OCC[C@H]3N)cnc1Sc1ccnc(N)c1Cl. The Labute approximate surface area is 166 Å². The van der Waals surface area contributed by atoms with Crippen LogP contribution < -0.4 is 22.1 Å². The van der Waals surface area contributed by atoms with E-state index in [1.807, 2.05) is 0 Å². The number of ether oxygens (including phenoxy) is 1. The highest BCUT2D eigenvalue weighted by Gasteiger charge is 2.44. The highest BCUT2D eigenvalue weighted by molar-refractivity contribution is 7.99. The van der Waals surface area contributed by atoms with Crippen molar-refractivity contribution in [1.82, 2.24) is 15.0 Å². The van der Waals surface area contributed by atoms with E-state index in [-0.39, 0.29) is 17.5 Å². The highest BCUT2D eigenvalue weighted by Crippen LogP contribution is 2.38. The van der Waals surface area contributed by atoms with Crippen molar-refractivity contribution >= 4 is 40.8 Å². The van der Waals surface area contributed by atoms with Crippen LogP contribution in [0.2, 0.25) is 5.02 Å². The maximum atomic E-state index is 6.25. The first kappa shape index (κ1) is 18.5. The molecule has 0 unspecified atom stereocenters. The molecule has 1 atom stereocenters. The minimum atomic E-state index is -0.177. The van der Waals surface area contributed by atoms with Gasteiger partial charge in [-0.15, -0.1) is 0 Å². The van der Waals surface area contributed by atoms with E-state index >= 15 is 0 Å². The maximum Gasteiger partial charge on any atom is 0.158 e. The van der Waals surface area contributed by atoms with E-state index in [0.29, 0.717) is 15.9 Å². The number of hydrogen-bond donors (Lipinski definition) is 3. The summed E-state index contributed by atoms with van der Waals surface area (Å²) in [5, 5.41) is 0.975. The molecule has 6 N–H and O–H groups in total. The average Bonchev–Trinajstić information content (AvgIpc) is 3.01. The minimum absolute atomic E-state index is 0.118. The van der Waals surface area contributed by atoms with Gasteiger partial charge in [0.25, 0.3) is 0 Å². The van der Waals surface area contributed by atoms with Gasteiger partial charge in [-0.1, -0.05) is 23.4 Å². The van der Waals surface area contributed by atoms with Crippen LogP contribution in [0.25, 0.3) is 0 Å². The lowest BCUT2D eigenvalue weighted by Gasteiger charge is -2.41. The summed E-state index contributed by atoms with van der Waals surface area (Å²) >= 11 is 7.51. The fourth-order valence-corrected chi connectivity index (χ4v) is 4.64. The van der Waals surface area contributed by atoms with Crippen molar-refractivity contribution in [3.63, 3.8) is 0 Å². The second-order valence-electron chi connectivity index (χ2n) is 6.82. The molecule has 27 heavy (non-hydrogen) atoms. The zero-order valence-corrected chi connectivity index (χ0v) is 16.3. The van der Waals surface area contributed by atoms with E-state index in [1.54, 1.807) is 18.5 Å². The van der Waals surface area contributed by atoms with Crippen molar-refractivity contribution in [3.05, 3.63) is 23.5 Å². The number of nitrogen functional groups attached to an aromatic ring is 2. The van der Waals surface area contributed by atoms with Gasteiger partial charge in [-0.3, -0.25) is 0 Å². The van der Waals surface area contributed by atoms with Crippen molar-refractivity contribution in [2.24, 2.45) is 5.73 Å². The van der Waals surface area contributed by atoms with Crippen molar-refractivity contribution in [2.45, 2.75) is 40.8 Å². The summed E-state index contributed by atoms with van der Waals surface area (Å²) in [4.78, 5) is 15.9. The summed E-state index contributed by atoms with van der Waals surface area (Å²) in [5.74, 6) is 1.40. The third-order valence-corrected chi connectivity index (χ3v) is 6.84. The Hall–Kier alpha value is -1.81. The lowest BCUT2D eigenvalue weighted by molar-refractivity contribution is -0.0230. The molecule has 0 aromatic carbocycles. The Kier molecular flexibility index (Phi) is 5.02. The predicted molar refractivity (Wildman–Crippen MR) is 107 cm³/mol. The van der Waals surface area contributed by atoms with Gasteiger partial charge in [-0.25, -0.2) is 15.0 Å². The van der Waals surface area contributed by atoms with Gasteiger partial charge < -0.3 is 26.8 Å². The standard InChI is InChI=1S/C17H22ClN7OS/c18-13-10(1-5-22-14(13)20)27-16-15(21)24-12(9-23-16)25-6-3-17(4-7-25)11(19)2-8-26-17/h1,5,9,11H,2-4,6-8,19H2,(H2,20,22)(H2,21,24)/t11-/m1/s1. The summed E-state index contributed by atoms with van der Waals surface area (Å²) in [6, 6.07) is 1.89. The Bertz CT molecular complexity index is 844. The molecule has 2 saturated heterocycles. The smallest absolute Gasteiger partial charge is 0.158 e. The van der Waals surface area contributed by atoms with Crippen LogP contribution >= 0.6 is 23.4 Å². The zero-order valence-electron chi connectivity index (χ0n) is 14.8. The summed E-state index contributed by atoms with van der Waals surface area (Å²) in [6.07, 6.45) is 6.04. The van der Waals surface area contributed by atoms with Gasteiger partial charge in [-0.05, 0) is 25.3 Å². The molecule has 8 nitrogen and oxygen atoms in total. The number of anilines is 3. The monoisotopic (exact) mass is 407 g/mol. The number of pyridine rings is 1. The molecule has 2 aliphatic heterocycles. The van der Waals surface area contributed by atoms with E-state index < -0.39 is 0 Å². The summed E-state index contributed by atoms with van der Waals surface area (Å²) in [6.45, 7) is 2.39. The van der Waals surface area contributed by atoms with Crippen LogP contribution in [0.1, 0.15) is 19.3 Å². The fourth-order valence-electron chi connectivity index (χ4n) is 3.63. The van der Waals surface area contributed by atoms with Crippen molar-refractivity contribution in [1.29, 1.82) is 0 Å². The van der Waals surface area contributed by atoms with E-state index in [0.717, 1.165) is 49.7 Å². The average molecular weight is 408 g/mol. The normalized spacial score (nSPS) is 21.7. The van der Waals surface area contributed by atoms with Crippen LogP contribution in [0.5, 0.6) is 0 Å². The molecule has 144 valence electrons. The van der Waals surface area contributed by atoms with E-state index in [4.69, 9.17) is 33.5 Å². The largest absolute Gasteiger partial charge is 0.382 e. The molecule has 0 aliphatic carbocycles. The predicted octanol–water partition coefficient (Wildman–Crippen LogP) is 1.93. The Balaban J connectivity index is 1.47. The van der Waals surface area contributed by atoms with Gasteiger partial charge in [0.15, 0.2) is 5.82 Å². The molecule has 2 aromatic rings. The number of nitrogens with two attached hydrogens (primary N) is 3. The fraction of sp³-hybridized carbons (Fsp3) is 0.471. The van der Waals surface area contributed by atoms with Crippen LogP contribution in [0.4, 0.5) is 17.5 Å². The second-order valence-corrected chi connectivity index (χ2v) is 8.23. The van der Waals surface area contributed by atoms with Crippen molar-refractivity contribution in [3.8, 4) is 0 Å². The van der Waals surface area contributed by atoms with Gasteiger partial charge in [0.1, 0.15) is 16.7 Å². The molecule has 0 bridgehead atoms. The third kappa shape index (κ3) is 3.52. The lowest BCUT2D eigenvalue weighted by Crippen LogP contribution is -2.53. The van der Waals surface area contributed by atoms with Gasteiger partial charge in [-0.2, -0.15) is 0 Å². The zero-order chi connectivity index (χ0) is 19.0. The summed E-state index contributed by atoms with van der Waals surface area (Å²) < 4.78 is 5.96. The quantitative estimate of drug-likeness (QED) is 0.698. The molecular formula is C17H22ClN7OS. The third-order valence-electron chi connectivity index (χ3n) is 5.27. The number of hydrogen-bond acceptors (Lipinski definition) is 9. The maximum absolute atomic E-state index is 6.25. The molecular weight excluding hydrogens is 386 g/mol. The lowest BCUT2D eigenvalue weighted by atomic mass is 9.85. The van der Waals surface area contributed by atoms with E-state index in [2.05, 4.69) is 19.9 Å². The van der Waals surface area contributed by atoms with Crippen LogP contribution in [0.15, 0.2) is 28.4 Å². The highest BCUT2D eigenvalue weighted by atomic mass is 35.5. The van der Waals surface area contributed by atoms with Gasteiger partial charge in [0.05, 0.1) is 16.8 Å². The topological polar surface area (TPSA) is 129 Å². The van der Waals surface area contributed by atoms with Crippen LogP contribution in [-0.2, 0) is 4.74 Å². The summed E-state index contributed by atoms with van der Waals surface area (Å²) in [5.41, 5.74) is 18.0. The van der Waals surface area contributed by atoms with E-state index in [9.17, 15) is 0 Å². The molecule has 10 heteroatoms. The first-order chi connectivity index (χ1) is 13.0. The summed E-state index contributed by atoms with van der Waals surface area (Å²) in [7, 11) is 0. The molecule has 4 heterocycles. The molecule has 4 rings (SSSR count). The molecule has 2 aliphatic rings. The van der Waals surface area contributed by atoms with Crippen LogP contribution in [0.3, 0.4) is 0 Å². The van der Waals surface area contributed by atoms with Gasteiger partial charge in [0.2, 0.25) is 0 Å². The number of piperidine rings is 1. The number of nitrogens with zero attached hydrogens (tertiary/aromatic N) is 4. The van der Waals surface area contributed by atoms with Crippen LogP contribution in [-0.4, -0.2) is 46.3 Å². The Morgan fingerprint density at radius 3 is 2.67 bits per heavy atom. The molecule has 2 fully saturated rings. The van der Waals surface area contributed by atoms with Crippen molar-refractivity contribution in [2.75, 3.05) is 36.1 Å². The second kappa shape index (κ2) is 7.31. The number of halogens is 1. The first-order valence-corrected chi connectivity index (χ1v) is 10.0. The minimum Gasteiger partial charge on any atom is -0.382 e. The number of aromatic nitrogens is 3. The first-order valence-electron chi connectivity index (χ1n) is 8.83. The molecule has 0 amide bonds.